The molecule has 0 heterocycles. The van der Waals surface area contributed by atoms with Crippen molar-refractivity contribution in [2.75, 3.05) is 6.61 Å². The SMILES string of the molecule is CCC(CC(C)C)c1ccc(OC(C)OCCc2ccccc2)cc1. The van der Waals surface area contributed by atoms with Crippen LogP contribution in [-0.2, 0) is 11.2 Å². The number of hydrogen-bond donors (Lipinski definition) is 0. The molecule has 2 unspecified atom stereocenters. The molecule has 0 saturated heterocycles. The van der Waals surface area contributed by atoms with Gasteiger partial charge in [0.15, 0.2) is 6.29 Å². The maximum absolute atomic E-state index is 5.88. The maximum atomic E-state index is 5.88. The summed E-state index contributed by atoms with van der Waals surface area (Å²) in [6, 6.07) is 18.9. The van der Waals surface area contributed by atoms with Gasteiger partial charge in [0.2, 0.25) is 0 Å². The zero-order valence-electron chi connectivity index (χ0n) is 16.1. The molecule has 2 heteroatoms. The fraction of sp³-hybridized carbons (Fsp3) is 0.478. The van der Waals surface area contributed by atoms with Crippen molar-refractivity contribution in [3.8, 4) is 5.75 Å². The zero-order valence-corrected chi connectivity index (χ0v) is 16.1. The molecule has 0 bridgehead atoms. The summed E-state index contributed by atoms with van der Waals surface area (Å²) in [6.07, 6.45) is 3.07. The summed E-state index contributed by atoms with van der Waals surface area (Å²) in [5.41, 5.74) is 2.69. The van der Waals surface area contributed by atoms with Crippen molar-refractivity contribution in [1.29, 1.82) is 0 Å². The van der Waals surface area contributed by atoms with Gasteiger partial charge in [-0.25, -0.2) is 0 Å². The molecule has 0 N–H and O–H groups in total. The highest BCUT2D eigenvalue weighted by atomic mass is 16.7. The normalized spacial score (nSPS) is 13.6. The lowest BCUT2D eigenvalue weighted by atomic mass is 9.88. The minimum absolute atomic E-state index is 0.243. The molecule has 0 aliphatic rings. The molecular formula is C23H32O2. The number of ether oxygens (including phenoxy) is 2. The van der Waals surface area contributed by atoms with Gasteiger partial charge >= 0.3 is 0 Å². The highest BCUT2D eigenvalue weighted by Crippen LogP contribution is 2.28. The van der Waals surface area contributed by atoms with E-state index < -0.39 is 0 Å². The first kappa shape index (κ1) is 19.5. The first-order valence-electron chi connectivity index (χ1n) is 9.50. The fourth-order valence-corrected chi connectivity index (χ4v) is 3.14. The van der Waals surface area contributed by atoms with Gasteiger partial charge in [-0.3, -0.25) is 0 Å². The van der Waals surface area contributed by atoms with E-state index in [9.17, 15) is 0 Å². The summed E-state index contributed by atoms with van der Waals surface area (Å²) in [5.74, 6) is 2.22. The Bertz CT molecular complexity index is 589. The lowest BCUT2D eigenvalue weighted by molar-refractivity contribution is -0.0654. The monoisotopic (exact) mass is 340 g/mol. The van der Waals surface area contributed by atoms with Gasteiger partial charge in [-0.05, 0) is 61.3 Å². The van der Waals surface area contributed by atoms with E-state index in [2.05, 4.69) is 69.3 Å². The van der Waals surface area contributed by atoms with E-state index in [4.69, 9.17) is 9.47 Å². The Balaban J connectivity index is 1.79. The molecule has 0 aromatic heterocycles. The molecule has 0 fully saturated rings. The van der Waals surface area contributed by atoms with Crippen LogP contribution in [0.25, 0.3) is 0 Å². The van der Waals surface area contributed by atoms with Gasteiger partial charge in [-0.2, -0.15) is 0 Å². The highest BCUT2D eigenvalue weighted by Gasteiger charge is 2.12. The molecular weight excluding hydrogens is 308 g/mol. The van der Waals surface area contributed by atoms with Crippen LogP contribution in [0.2, 0.25) is 0 Å². The van der Waals surface area contributed by atoms with E-state index in [1.165, 1.54) is 24.0 Å². The molecule has 0 radical (unpaired) electrons. The van der Waals surface area contributed by atoms with Crippen LogP contribution in [-0.4, -0.2) is 12.9 Å². The van der Waals surface area contributed by atoms with Gasteiger partial charge in [0, 0.05) is 0 Å². The topological polar surface area (TPSA) is 18.5 Å². The summed E-state index contributed by atoms with van der Waals surface area (Å²) in [4.78, 5) is 0. The Morgan fingerprint density at radius 2 is 1.56 bits per heavy atom. The van der Waals surface area contributed by atoms with Gasteiger partial charge in [-0.15, -0.1) is 0 Å². The van der Waals surface area contributed by atoms with Gasteiger partial charge in [-0.1, -0.05) is 63.2 Å². The van der Waals surface area contributed by atoms with Crippen LogP contribution in [0.3, 0.4) is 0 Å². The minimum atomic E-state index is -0.243. The van der Waals surface area contributed by atoms with Crippen LogP contribution < -0.4 is 4.74 Å². The molecule has 25 heavy (non-hydrogen) atoms. The predicted octanol–water partition coefficient (Wildman–Crippen LogP) is 6.21. The third-order valence-corrected chi connectivity index (χ3v) is 4.49. The second-order valence-corrected chi connectivity index (χ2v) is 7.10. The van der Waals surface area contributed by atoms with Gasteiger partial charge in [0.25, 0.3) is 0 Å². The first-order chi connectivity index (χ1) is 12.1. The summed E-state index contributed by atoms with van der Waals surface area (Å²) >= 11 is 0. The minimum Gasteiger partial charge on any atom is -0.465 e. The third-order valence-electron chi connectivity index (χ3n) is 4.49. The standard InChI is InChI=1S/C23H32O2/c1-5-21(17-18(2)3)22-11-13-23(14-12-22)25-19(4)24-16-15-20-9-7-6-8-10-20/h6-14,18-19,21H,5,15-17H2,1-4H3. The lowest BCUT2D eigenvalue weighted by Gasteiger charge is -2.19. The molecule has 0 aliphatic carbocycles. The van der Waals surface area contributed by atoms with Crippen molar-refractivity contribution in [1.82, 2.24) is 0 Å². The van der Waals surface area contributed by atoms with E-state index in [0.717, 1.165) is 18.1 Å². The van der Waals surface area contributed by atoms with Gasteiger partial charge in [0.05, 0.1) is 6.61 Å². The van der Waals surface area contributed by atoms with Crippen LogP contribution in [0.15, 0.2) is 54.6 Å². The van der Waals surface area contributed by atoms with Crippen molar-refractivity contribution < 1.29 is 9.47 Å². The lowest BCUT2D eigenvalue weighted by Crippen LogP contribution is -2.17. The molecule has 2 rings (SSSR count). The average Bonchev–Trinajstić information content (AvgIpc) is 2.61. The quantitative estimate of drug-likeness (QED) is 0.479. The van der Waals surface area contributed by atoms with E-state index in [0.29, 0.717) is 12.5 Å². The summed E-state index contributed by atoms with van der Waals surface area (Å²) in [5, 5.41) is 0. The molecule has 2 atom stereocenters. The Morgan fingerprint density at radius 1 is 0.880 bits per heavy atom. The summed E-state index contributed by atoms with van der Waals surface area (Å²) < 4.78 is 11.7. The molecule has 2 aromatic carbocycles. The molecule has 2 aromatic rings. The summed E-state index contributed by atoms with van der Waals surface area (Å²) in [7, 11) is 0. The second-order valence-electron chi connectivity index (χ2n) is 7.10. The number of hydrogen-bond acceptors (Lipinski definition) is 2. The second kappa shape index (κ2) is 10.2. The predicted molar refractivity (Wildman–Crippen MR) is 105 cm³/mol. The van der Waals surface area contributed by atoms with Crippen LogP contribution >= 0.6 is 0 Å². The zero-order chi connectivity index (χ0) is 18.1. The fourth-order valence-electron chi connectivity index (χ4n) is 3.14. The van der Waals surface area contributed by atoms with Crippen molar-refractivity contribution in [3.05, 3.63) is 65.7 Å². The van der Waals surface area contributed by atoms with Crippen LogP contribution in [0.5, 0.6) is 5.75 Å². The van der Waals surface area contributed by atoms with E-state index in [1.54, 1.807) is 0 Å². The summed E-state index contributed by atoms with van der Waals surface area (Å²) in [6.45, 7) is 9.45. The average molecular weight is 341 g/mol. The number of rotatable bonds is 10. The van der Waals surface area contributed by atoms with Crippen LogP contribution in [0.4, 0.5) is 0 Å². The Kier molecular flexibility index (Phi) is 8.00. The van der Waals surface area contributed by atoms with Crippen molar-refractivity contribution >= 4 is 0 Å². The first-order valence-corrected chi connectivity index (χ1v) is 9.50. The van der Waals surface area contributed by atoms with Crippen molar-refractivity contribution in [3.63, 3.8) is 0 Å². The van der Waals surface area contributed by atoms with E-state index in [-0.39, 0.29) is 6.29 Å². The third kappa shape index (κ3) is 6.91. The van der Waals surface area contributed by atoms with E-state index >= 15 is 0 Å². The van der Waals surface area contributed by atoms with E-state index in [1.807, 2.05) is 13.0 Å². The van der Waals surface area contributed by atoms with Crippen LogP contribution in [0, 0.1) is 5.92 Å². The Hall–Kier alpha value is -1.80. The highest BCUT2D eigenvalue weighted by molar-refractivity contribution is 5.29. The molecule has 136 valence electrons. The van der Waals surface area contributed by atoms with Gasteiger partial charge < -0.3 is 9.47 Å². The van der Waals surface area contributed by atoms with Crippen molar-refractivity contribution in [2.24, 2.45) is 5.92 Å². The molecule has 2 nitrogen and oxygen atoms in total. The molecule has 0 amide bonds. The number of benzene rings is 2. The van der Waals surface area contributed by atoms with Gasteiger partial charge in [0.1, 0.15) is 5.75 Å². The smallest absolute Gasteiger partial charge is 0.196 e. The molecule has 0 spiro atoms. The largest absolute Gasteiger partial charge is 0.465 e. The van der Waals surface area contributed by atoms with Crippen LogP contribution in [0.1, 0.15) is 57.6 Å². The molecule has 0 saturated carbocycles. The Labute approximate surface area is 153 Å². The van der Waals surface area contributed by atoms with Crippen molar-refractivity contribution in [2.45, 2.75) is 59.2 Å². The maximum Gasteiger partial charge on any atom is 0.196 e. The Morgan fingerprint density at radius 3 is 2.16 bits per heavy atom. The molecule has 0 aliphatic heterocycles.